The number of rotatable bonds is 5. The Bertz CT molecular complexity index is 4450. The molecule has 10 rings (SSSR count). The molecule has 0 aliphatic heterocycles. The lowest BCUT2D eigenvalue weighted by Crippen LogP contribution is -2.10. The second-order valence-corrected chi connectivity index (χ2v) is 11.3. The highest BCUT2D eigenvalue weighted by molar-refractivity contribution is 7.25. The molecule has 0 N–H and O–H groups in total. The van der Waals surface area contributed by atoms with Crippen LogP contribution in [0.1, 0.15) is 39.8 Å². The van der Waals surface area contributed by atoms with Gasteiger partial charge in [0, 0.05) is 42.3 Å². The van der Waals surface area contributed by atoms with Gasteiger partial charge in [-0.25, -0.2) is 0 Å². The summed E-state index contributed by atoms with van der Waals surface area (Å²) >= 11 is 0.540. The van der Waals surface area contributed by atoms with Crippen molar-refractivity contribution in [2.45, 2.75) is 0 Å². The predicted molar refractivity (Wildman–Crippen MR) is 210 cm³/mol. The van der Waals surface area contributed by atoms with Gasteiger partial charge in [0.25, 0.3) is 0 Å². The molecule has 8 aromatic carbocycles. The number of thiophene rings is 1. The van der Waals surface area contributed by atoms with Crippen molar-refractivity contribution >= 4 is 81.3 Å². The molecule has 0 saturated heterocycles. The van der Waals surface area contributed by atoms with Crippen molar-refractivity contribution in [1.82, 2.24) is 0 Å². The molecule has 0 spiro atoms. The third kappa shape index (κ3) is 4.55. The van der Waals surface area contributed by atoms with Crippen molar-refractivity contribution in [2.24, 2.45) is 0 Å². The standard InChI is InChI=1S/C46H29NOS/c1-3-13-30(14-4-1)32-17-11-18-33(27-32)47(34-25-26-37-36-20-9-10-24-43(36)49-44(37)28-34)41-22-12-23-42-45(41)40-29-39(31-15-5-2-6-16-31)35-19-7-8-21-38(35)46(40)48-42/h1-29H/i1D,2D,3D,4D,5D,6D,7D,8D,9D,10D,11D,12D,13D,14D,15D,16D,17D,18D,19D,20D,21D,22D,23D,24D,25D,26D,27D,28D,29D. The smallest absolute Gasteiger partial charge is 0.143 e. The maximum Gasteiger partial charge on any atom is 0.143 e. The van der Waals surface area contributed by atoms with Gasteiger partial charge in [-0.1, -0.05) is 127 Å². The van der Waals surface area contributed by atoms with Crippen LogP contribution in [0.2, 0.25) is 0 Å². The largest absolute Gasteiger partial charge is 0.455 e. The first-order chi connectivity index (χ1) is 36.4. The monoisotopic (exact) mass is 672 g/mol. The first-order valence-corrected chi connectivity index (χ1v) is 15.1. The Morgan fingerprint density at radius 2 is 1.10 bits per heavy atom. The maximum absolute atomic E-state index is 10.0. The predicted octanol–water partition coefficient (Wildman–Crippen LogP) is 13.9. The molecule has 0 radical (unpaired) electrons. The molecule has 3 heteroatoms. The minimum Gasteiger partial charge on any atom is -0.455 e. The summed E-state index contributed by atoms with van der Waals surface area (Å²) in [5.41, 5.74) is -7.88. The van der Waals surface area contributed by atoms with Gasteiger partial charge in [0.1, 0.15) is 11.2 Å². The van der Waals surface area contributed by atoms with Gasteiger partial charge in [-0.15, -0.1) is 11.3 Å². The Morgan fingerprint density at radius 3 is 1.94 bits per heavy atom. The zero-order valence-corrected chi connectivity index (χ0v) is 25.1. The number of hydrogen-bond acceptors (Lipinski definition) is 3. The summed E-state index contributed by atoms with van der Waals surface area (Å²) < 4.78 is 267. The topological polar surface area (TPSA) is 16.4 Å². The van der Waals surface area contributed by atoms with E-state index in [-0.39, 0.29) is 20.2 Å². The molecule has 10 aromatic rings. The fraction of sp³-hybridized carbons (Fsp3) is 0. The van der Waals surface area contributed by atoms with Crippen LogP contribution >= 0.6 is 11.3 Å². The Labute approximate surface area is 328 Å². The molecule has 0 amide bonds. The molecule has 0 atom stereocenters. The van der Waals surface area contributed by atoms with Gasteiger partial charge < -0.3 is 9.32 Å². The molecule has 2 heterocycles. The van der Waals surface area contributed by atoms with Crippen LogP contribution in [0.4, 0.5) is 17.1 Å². The maximum atomic E-state index is 10.0. The van der Waals surface area contributed by atoms with E-state index in [0.717, 1.165) is 0 Å². The Morgan fingerprint density at radius 1 is 0.449 bits per heavy atom. The highest BCUT2D eigenvalue weighted by atomic mass is 32.1. The number of benzene rings is 8. The molecule has 0 fully saturated rings. The summed E-state index contributed by atoms with van der Waals surface area (Å²) in [6.45, 7) is 0. The van der Waals surface area contributed by atoms with Crippen LogP contribution in [0.5, 0.6) is 0 Å². The molecule has 0 aliphatic carbocycles. The van der Waals surface area contributed by atoms with Crippen molar-refractivity contribution in [3.63, 3.8) is 0 Å². The summed E-state index contributed by atoms with van der Waals surface area (Å²) in [4.78, 5) is 0.522. The molecule has 49 heavy (non-hydrogen) atoms. The normalized spacial score (nSPS) is 20.0. The van der Waals surface area contributed by atoms with Crippen LogP contribution in [-0.4, -0.2) is 0 Å². The van der Waals surface area contributed by atoms with Crippen LogP contribution in [0.25, 0.3) is 75.1 Å². The molecular formula is C46H29NOS. The van der Waals surface area contributed by atoms with Gasteiger partial charge in [-0.2, -0.15) is 0 Å². The van der Waals surface area contributed by atoms with Crippen LogP contribution < -0.4 is 4.90 Å². The average Bonchev–Trinajstić information content (AvgIpc) is 4.21. The Kier molecular flexibility index (Phi) is 2.63. The molecule has 0 saturated carbocycles. The summed E-state index contributed by atoms with van der Waals surface area (Å²) in [6.07, 6.45) is 0. The van der Waals surface area contributed by atoms with Crippen molar-refractivity contribution < 1.29 is 44.2 Å². The lowest BCUT2D eigenvalue weighted by Gasteiger charge is -2.27. The minimum absolute atomic E-state index is 0.203. The number of fused-ring (bicyclic) bond motifs is 8. The summed E-state index contributed by atoms with van der Waals surface area (Å²) in [5.74, 6) is 0. The van der Waals surface area contributed by atoms with E-state index in [1.807, 2.05) is 0 Å². The SMILES string of the molecule is [2H]c1c([2H])c([2H])c(-c2c([2H])c([2H])c([2H])c(N(c3c([2H])c([2H])c4c(sc5c([2H])c([2H])c([2H])c([2H])c54)c3[2H])c3c([2H])c([2H])c([2H])c4oc5c6c([2H])c([2H])c([2H])c([2H])c6c(-c6c([2H])c([2H])c([2H])c([2H])c6[2H])c([2H])c5c34)c2[2H])c([2H])c1[2H]. The highest BCUT2D eigenvalue weighted by Gasteiger charge is 2.22. The van der Waals surface area contributed by atoms with E-state index in [1.54, 1.807) is 0 Å². The Hall–Kier alpha value is -6.16. The van der Waals surface area contributed by atoms with E-state index in [0.29, 0.717) is 16.2 Å². The third-order valence-corrected chi connectivity index (χ3v) is 8.59. The van der Waals surface area contributed by atoms with Gasteiger partial charge in [0.05, 0.1) is 50.8 Å². The lowest BCUT2D eigenvalue weighted by molar-refractivity contribution is 0.672. The van der Waals surface area contributed by atoms with Crippen LogP contribution in [0, 0.1) is 0 Å². The van der Waals surface area contributed by atoms with Crippen molar-refractivity contribution in [3.05, 3.63) is 175 Å². The minimum atomic E-state index is -1.19. The van der Waals surface area contributed by atoms with E-state index in [1.165, 1.54) is 0 Å². The van der Waals surface area contributed by atoms with E-state index >= 15 is 0 Å². The second-order valence-electron chi connectivity index (χ2n) is 10.3. The number of anilines is 3. The lowest BCUT2D eigenvalue weighted by atomic mass is 9.95. The Balaban J connectivity index is 1.53. The van der Waals surface area contributed by atoms with Crippen LogP contribution in [0.15, 0.2) is 180 Å². The molecule has 0 bridgehead atoms. The zero-order valence-electron chi connectivity index (χ0n) is 53.3. The van der Waals surface area contributed by atoms with Crippen molar-refractivity contribution in [2.75, 3.05) is 4.90 Å². The number of furan rings is 1. The number of hydrogen-bond donors (Lipinski definition) is 0. The molecule has 230 valence electrons. The average molecular weight is 673 g/mol. The fourth-order valence-electron chi connectivity index (χ4n) is 5.52. The molecule has 2 nitrogen and oxygen atoms in total. The van der Waals surface area contributed by atoms with E-state index in [4.69, 9.17) is 29.1 Å². The van der Waals surface area contributed by atoms with Gasteiger partial charge in [0.2, 0.25) is 0 Å². The van der Waals surface area contributed by atoms with Gasteiger partial charge in [-0.05, 0) is 76.0 Å². The van der Waals surface area contributed by atoms with Gasteiger partial charge in [-0.3, -0.25) is 0 Å². The highest BCUT2D eigenvalue weighted by Crippen LogP contribution is 2.47. The van der Waals surface area contributed by atoms with Gasteiger partial charge >= 0.3 is 0 Å². The summed E-state index contributed by atoms with van der Waals surface area (Å²) in [6, 6.07) is -27.7. The molecule has 0 aliphatic rings. The molecular weight excluding hydrogens is 615 g/mol. The molecule has 2 aromatic heterocycles. The van der Waals surface area contributed by atoms with Gasteiger partial charge in [0.15, 0.2) is 0 Å². The second kappa shape index (κ2) is 11.2. The van der Waals surface area contributed by atoms with Crippen LogP contribution in [0.3, 0.4) is 0 Å². The van der Waals surface area contributed by atoms with Crippen molar-refractivity contribution in [3.8, 4) is 22.3 Å². The zero-order chi connectivity index (χ0) is 57.5. The van der Waals surface area contributed by atoms with Crippen molar-refractivity contribution in [1.29, 1.82) is 0 Å². The first kappa shape index (κ1) is 11.5. The number of nitrogens with zero attached hydrogens (tertiary/aromatic N) is 1. The summed E-state index contributed by atoms with van der Waals surface area (Å²) in [5, 5.41) is -3.41. The first-order valence-electron chi connectivity index (χ1n) is 28.7. The molecule has 0 unspecified atom stereocenters. The fourth-order valence-corrected chi connectivity index (χ4v) is 6.48. The van der Waals surface area contributed by atoms with E-state index < -0.39 is 247 Å². The van der Waals surface area contributed by atoms with E-state index in [2.05, 4.69) is 0 Å². The van der Waals surface area contributed by atoms with E-state index in [9.17, 15) is 15.1 Å². The summed E-state index contributed by atoms with van der Waals surface area (Å²) in [7, 11) is 0. The van der Waals surface area contributed by atoms with Crippen LogP contribution in [-0.2, 0) is 0 Å². The quantitative estimate of drug-likeness (QED) is 0.181. The third-order valence-electron chi connectivity index (χ3n) is 7.57.